The number of nitrogens with one attached hydrogen (secondary N) is 1. The Hall–Kier alpha value is -1.24. The van der Waals surface area contributed by atoms with Gasteiger partial charge in [0.1, 0.15) is 5.82 Å². The molecular formula is C12H14BrFN4. The van der Waals surface area contributed by atoms with Gasteiger partial charge in [-0.25, -0.2) is 4.39 Å². The van der Waals surface area contributed by atoms with Crippen LogP contribution in [0.15, 0.2) is 34.9 Å². The number of aromatic nitrogens is 2. The lowest BCUT2D eigenvalue weighted by Crippen LogP contribution is -2.31. The highest BCUT2D eigenvalue weighted by atomic mass is 79.9. The zero-order valence-corrected chi connectivity index (χ0v) is 11.5. The average Bonchev–Trinajstić information content (AvgIpc) is 2.77. The van der Waals surface area contributed by atoms with E-state index in [2.05, 4.69) is 26.5 Å². The second kappa shape index (κ2) is 5.60. The fourth-order valence-corrected chi connectivity index (χ4v) is 2.30. The second-order valence-electron chi connectivity index (χ2n) is 4.04. The van der Waals surface area contributed by atoms with Gasteiger partial charge in [0.25, 0.3) is 0 Å². The smallest absolute Gasteiger partial charge is 0.123 e. The lowest BCUT2D eigenvalue weighted by molar-refractivity contribution is 0.506. The van der Waals surface area contributed by atoms with Crippen LogP contribution in [0.2, 0.25) is 0 Å². The van der Waals surface area contributed by atoms with Crippen LogP contribution in [0.25, 0.3) is 0 Å². The maximum Gasteiger partial charge on any atom is 0.123 e. The first-order chi connectivity index (χ1) is 8.61. The lowest BCUT2D eigenvalue weighted by Gasteiger charge is -2.17. The van der Waals surface area contributed by atoms with Gasteiger partial charge in [0.15, 0.2) is 0 Å². The number of nitrogens with two attached hydrogens (primary N) is 1. The Balaban J connectivity index is 2.26. The van der Waals surface area contributed by atoms with E-state index in [0.29, 0.717) is 6.42 Å². The Kier molecular flexibility index (Phi) is 4.11. The minimum atomic E-state index is -0.256. The average molecular weight is 313 g/mol. The third-order valence-corrected chi connectivity index (χ3v) is 3.62. The molecule has 0 aliphatic heterocycles. The highest BCUT2D eigenvalue weighted by molar-refractivity contribution is 9.10. The molecule has 4 nitrogen and oxygen atoms in total. The lowest BCUT2D eigenvalue weighted by atomic mass is 10.0. The van der Waals surface area contributed by atoms with Crippen LogP contribution in [-0.4, -0.2) is 9.78 Å². The van der Waals surface area contributed by atoms with Crippen molar-refractivity contribution in [3.8, 4) is 0 Å². The Morgan fingerprint density at radius 1 is 1.50 bits per heavy atom. The summed E-state index contributed by atoms with van der Waals surface area (Å²) in [5, 5.41) is 4.10. The molecule has 2 rings (SSSR count). The van der Waals surface area contributed by atoms with Crippen molar-refractivity contribution in [2.24, 2.45) is 12.9 Å². The molecule has 0 radical (unpaired) electrons. The molecule has 0 aliphatic carbocycles. The molecule has 0 bridgehead atoms. The maximum absolute atomic E-state index is 13.2. The fraction of sp³-hybridized carbons (Fsp3) is 0.250. The third kappa shape index (κ3) is 2.77. The number of halogens is 2. The number of hydrazine groups is 1. The first-order valence-corrected chi connectivity index (χ1v) is 6.29. The number of aryl methyl sites for hydroxylation is 1. The van der Waals surface area contributed by atoms with Crippen molar-refractivity contribution >= 4 is 15.9 Å². The van der Waals surface area contributed by atoms with Gasteiger partial charge in [0.05, 0.1) is 11.7 Å². The molecule has 1 aromatic heterocycles. The predicted molar refractivity (Wildman–Crippen MR) is 71.1 cm³/mol. The molecule has 0 aliphatic rings. The summed E-state index contributed by atoms with van der Waals surface area (Å²) in [7, 11) is 1.85. The van der Waals surface area contributed by atoms with Crippen LogP contribution in [0.3, 0.4) is 0 Å². The highest BCUT2D eigenvalue weighted by Crippen LogP contribution is 2.24. The van der Waals surface area contributed by atoms with E-state index >= 15 is 0 Å². The zero-order valence-electron chi connectivity index (χ0n) is 9.90. The molecule has 1 aromatic carbocycles. The summed E-state index contributed by atoms with van der Waals surface area (Å²) in [5.74, 6) is 5.31. The molecule has 0 saturated heterocycles. The molecule has 1 heterocycles. The van der Waals surface area contributed by atoms with E-state index < -0.39 is 0 Å². The molecule has 6 heteroatoms. The number of hydrogen-bond donors (Lipinski definition) is 2. The molecule has 0 amide bonds. The van der Waals surface area contributed by atoms with Gasteiger partial charge >= 0.3 is 0 Å². The SMILES string of the molecule is Cn1nccc1C(Cc1cc(F)ccc1Br)NN. The van der Waals surface area contributed by atoms with Crippen LogP contribution in [0.4, 0.5) is 4.39 Å². The topological polar surface area (TPSA) is 55.9 Å². The zero-order chi connectivity index (χ0) is 13.1. The largest absolute Gasteiger partial charge is 0.271 e. The van der Waals surface area contributed by atoms with E-state index in [4.69, 9.17) is 5.84 Å². The highest BCUT2D eigenvalue weighted by Gasteiger charge is 2.15. The molecule has 0 saturated carbocycles. The van der Waals surface area contributed by atoms with E-state index in [0.717, 1.165) is 15.7 Å². The standard InChI is InChI=1S/C12H14BrFN4/c1-18-12(4-5-16-18)11(17-15)7-8-6-9(14)2-3-10(8)13/h2-6,11,17H,7,15H2,1H3. The van der Waals surface area contributed by atoms with Gasteiger partial charge in [-0.3, -0.25) is 16.0 Å². The summed E-state index contributed by atoms with van der Waals surface area (Å²) in [4.78, 5) is 0. The van der Waals surface area contributed by atoms with Crippen LogP contribution in [0.1, 0.15) is 17.3 Å². The van der Waals surface area contributed by atoms with E-state index in [9.17, 15) is 4.39 Å². The Labute approximate surface area is 113 Å². The minimum Gasteiger partial charge on any atom is -0.271 e. The Morgan fingerprint density at radius 2 is 2.28 bits per heavy atom. The third-order valence-electron chi connectivity index (χ3n) is 2.85. The fourth-order valence-electron chi connectivity index (χ4n) is 1.89. The number of benzene rings is 1. The predicted octanol–water partition coefficient (Wildman–Crippen LogP) is 2.07. The molecule has 0 fully saturated rings. The van der Waals surface area contributed by atoms with E-state index in [-0.39, 0.29) is 11.9 Å². The van der Waals surface area contributed by atoms with Crippen LogP contribution in [-0.2, 0) is 13.5 Å². The number of nitrogens with zero attached hydrogens (tertiary/aromatic N) is 2. The van der Waals surface area contributed by atoms with Crippen molar-refractivity contribution in [1.82, 2.24) is 15.2 Å². The first-order valence-electron chi connectivity index (χ1n) is 5.49. The molecular weight excluding hydrogens is 299 g/mol. The number of hydrogen-bond acceptors (Lipinski definition) is 3. The quantitative estimate of drug-likeness (QED) is 0.671. The Morgan fingerprint density at radius 3 is 2.89 bits per heavy atom. The van der Waals surface area contributed by atoms with Crippen molar-refractivity contribution in [3.05, 3.63) is 52.0 Å². The van der Waals surface area contributed by atoms with Gasteiger partial charge in [-0.2, -0.15) is 5.10 Å². The molecule has 96 valence electrons. The summed E-state index contributed by atoms with van der Waals surface area (Å²) >= 11 is 3.41. The van der Waals surface area contributed by atoms with Crippen LogP contribution < -0.4 is 11.3 Å². The van der Waals surface area contributed by atoms with Crippen molar-refractivity contribution in [1.29, 1.82) is 0 Å². The summed E-state index contributed by atoms with van der Waals surface area (Å²) in [6, 6.07) is 6.39. The monoisotopic (exact) mass is 312 g/mol. The maximum atomic E-state index is 13.2. The van der Waals surface area contributed by atoms with Gasteiger partial charge in [-0.1, -0.05) is 15.9 Å². The normalized spacial score (nSPS) is 12.7. The van der Waals surface area contributed by atoms with E-state index in [1.54, 1.807) is 16.9 Å². The van der Waals surface area contributed by atoms with E-state index in [1.165, 1.54) is 12.1 Å². The molecule has 3 N–H and O–H groups in total. The van der Waals surface area contributed by atoms with Crippen LogP contribution in [0, 0.1) is 5.82 Å². The summed E-state index contributed by atoms with van der Waals surface area (Å²) in [6.45, 7) is 0. The summed E-state index contributed by atoms with van der Waals surface area (Å²) < 4.78 is 15.8. The molecule has 18 heavy (non-hydrogen) atoms. The van der Waals surface area contributed by atoms with Gasteiger partial charge in [-0.15, -0.1) is 0 Å². The summed E-state index contributed by atoms with van der Waals surface area (Å²) in [6.07, 6.45) is 2.29. The molecule has 2 aromatic rings. The van der Waals surface area contributed by atoms with Gasteiger partial charge in [-0.05, 0) is 36.2 Å². The van der Waals surface area contributed by atoms with Crippen molar-refractivity contribution in [2.75, 3.05) is 0 Å². The number of rotatable bonds is 4. The molecule has 0 spiro atoms. The Bertz CT molecular complexity index is 541. The van der Waals surface area contributed by atoms with Crippen LogP contribution >= 0.6 is 15.9 Å². The van der Waals surface area contributed by atoms with Crippen molar-refractivity contribution < 1.29 is 4.39 Å². The van der Waals surface area contributed by atoms with Crippen molar-refractivity contribution in [2.45, 2.75) is 12.5 Å². The first kappa shape index (κ1) is 13.2. The molecule has 1 atom stereocenters. The van der Waals surface area contributed by atoms with Crippen LogP contribution in [0.5, 0.6) is 0 Å². The van der Waals surface area contributed by atoms with Gasteiger partial charge in [0.2, 0.25) is 0 Å². The minimum absolute atomic E-state index is 0.115. The molecule has 1 unspecified atom stereocenters. The summed E-state index contributed by atoms with van der Waals surface area (Å²) in [5.41, 5.74) is 4.55. The second-order valence-corrected chi connectivity index (χ2v) is 4.89. The van der Waals surface area contributed by atoms with Gasteiger partial charge in [0, 0.05) is 17.7 Å². The van der Waals surface area contributed by atoms with Gasteiger partial charge < -0.3 is 0 Å². The van der Waals surface area contributed by atoms with Crippen molar-refractivity contribution in [3.63, 3.8) is 0 Å². The van der Waals surface area contributed by atoms with E-state index in [1.807, 2.05) is 13.1 Å².